The van der Waals surface area contributed by atoms with Crippen LogP contribution in [0.1, 0.15) is 47.1 Å². The van der Waals surface area contributed by atoms with Crippen molar-refractivity contribution in [2.24, 2.45) is 5.92 Å². The lowest BCUT2D eigenvalue weighted by molar-refractivity contribution is -0.163. The minimum atomic E-state index is -2.31. The fraction of sp³-hybridized carbons (Fsp3) is 0.591. The number of halogens is 2. The lowest BCUT2D eigenvalue weighted by atomic mass is 10.0. The highest BCUT2D eigenvalue weighted by Crippen LogP contribution is 2.17. The second-order valence-electron chi connectivity index (χ2n) is 8.74. The Bertz CT molecular complexity index is 797. The number of carbonyl (C=O) groups excluding carboxylic acids is 3. The number of hydrogen-bond acceptors (Lipinski definition) is 6. The number of benzene rings is 1. The number of rotatable bonds is 9. The predicted octanol–water partition coefficient (Wildman–Crippen LogP) is 3.14. The molecule has 1 aromatic rings. The van der Waals surface area contributed by atoms with E-state index in [9.17, 15) is 23.9 Å². The van der Waals surface area contributed by atoms with Crippen LogP contribution < -0.4 is 10.6 Å². The molecule has 32 heavy (non-hydrogen) atoms. The Hall–Kier alpha value is -2.39. The van der Waals surface area contributed by atoms with Crippen molar-refractivity contribution in [2.75, 3.05) is 0 Å². The molecule has 0 aliphatic rings. The summed E-state index contributed by atoms with van der Waals surface area (Å²) in [5.74, 6) is -2.40. The van der Waals surface area contributed by atoms with Crippen LogP contribution in [0.2, 0.25) is 5.02 Å². The molecule has 0 saturated heterocycles. The van der Waals surface area contributed by atoms with Gasteiger partial charge in [-0.15, -0.1) is 0 Å². The van der Waals surface area contributed by atoms with Crippen LogP contribution in [0.15, 0.2) is 24.3 Å². The van der Waals surface area contributed by atoms with Crippen LogP contribution in [0.4, 0.5) is 9.18 Å². The van der Waals surface area contributed by atoms with Gasteiger partial charge in [-0.2, -0.15) is 0 Å². The fourth-order valence-electron chi connectivity index (χ4n) is 2.66. The van der Waals surface area contributed by atoms with Gasteiger partial charge < -0.3 is 25.2 Å². The maximum absolute atomic E-state index is 14.7. The molecule has 0 bridgehead atoms. The summed E-state index contributed by atoms with van der Waals surface area (Å²) in [6.07, 6.45) is -4.59. The van der Waals surface area contributed by atoms with Crippen molar-refractivity contribution in [2.45, 2.75) is 78.1 Å². The van der Waals surface area contributed by atoms with Crippen molar-refractivity contribution in [3.63, 3.8) is 0 Å². The molecule has 2 amide bonds. The van der Waals surface area contributed by atoms with Crippen LogP contribution in [0.3, 0.4) is 0 Å². The number of aliphatic hydroxyl groups excluding tert-OH is 1. The zero-order valence-corrected chi connectivity index (χ0v) is 19.9. The first kappa shape index (κ1) is 27.6. The zero-order valence-electron chi connectivity index (χ0n) is 19.1. The third-order valence-electron chi connectivity index (χ3n) is 4.31. The van der Waals surface area contributed by atoms with Crippen LogP contribution in [-0.4, -0.2) is 53.0 Å². The number of hydrogen-bond donors (Lipinski definition) is 3. The normalized spacial score (nSPS) is 15.3. The molecule has 2 unspecified atom stereocenters. The van der Waals surface area contributed by atoms with Gasteiger partial charge in [-0.3, -0.25) is 4.79 Å². The summed E-state index contributed by atoms with van der Waals surface area (Å²) in [5, 5.41) is 15.1. The monoisotopic (exact) mass is 474 g/mol. The van der Waals surface area contributed by atoms with Crippen LogP contribution in [-0.2, 0) is 25.7 Å². The molecule has 0 aliphatic carbocycles. The van der Waals surface area contributed by atoms with E-state index in [4.69, 9.17) is 21.1 Å². The average Bonchev–Trinajstić information content (AvgIpc) is 2.67. The summed E-state index contributed by atoms with van der Waals surface area (Å²) in [6, 6.07) is 4.13. The Morgan fingerprint density at radius 1 is 1.12 bits per heavy atom. The van der Waals surface area contributed by atoms with Crippen LogP contribution in [0, 0.1) is 5.92 Å². The Morgan fingerprint density at radius 3 is 2.22 bits per heavy atom. The first-order valence-electron chi connectivity index (χ1n) is 10.2. The van der Waals surface area contributed by atoms with Gasteiger partial charge in [-0.05, 0) is 39.7 Å². The molecule has 4 atom stereocenters. The Labute approximate surface area is 192 Å². The highest BCUT2D eigenvalue weighted by Gasteiger charge is 2.38. The number of alkyl halides is 1. The van der Waals surface area contributed by atoms with Crippen LogP contribution in [0.5, 0.6) is 0 Å². The molecule has 10 heteroatoms. The van der Waals surface area contributed by atoms with E-state index in [-0.39, 0.29) is 6.61 Å². The number of esters is 1. The van der Waals surface area contributed by atoms with E-state index < -0.39 is 53.8 Å². The molecule has 0 radical (unpaired) electrons. The molecule has 0 aliphatic heterocycles. The first-order valence-corrected chi connectivity index (χ1v) is 10.6. The van der Waals surface area contributed by atoms with Crippen molar-refractivity contribution in [3.05, 3.63) is 34.9 Å². The quantitative estimate of drug-likeness (QED) is 0.474. The summed E-state index contributed by atoms with van der Waals surface area (Å²) in [6.45, 7) is 9.16. The maximum atomic E-state index is 14.7. The van der Waals surface area contributed by atoms with Crippen molar-refractivity contribution in [1.82, 2.24) is 10.6 Å². The number of carbonyl (C=O) groups is 3. The topological polar surface area (TPSA) is 114 Å². The molecule has 180 valence electrons. The van der Waals surface area contributed by atoms with Crippen LogP contribution >= 0.6 is 11.6 Å². The van der Waals surface area contributed by atoms with E-state index in [1.807, 2.05) is 0 Å². The van der Waals surface area contributed by atoms with Gasteiger partial charge in [0.05, 0.1) is 12.1 Å². The third-order valence-corrected chi connectivity index (χ3v) is 4.68. The summed E-state index contributed by atoms with van der Waals surface area (Å²) in [5.41, 5.74) is -0.357. The average molecular weight is 475 g/mol. The molecule has 3 N–H and O–H groups in total. The molecule has 0 saturated carbocycles. The van der Waals surface area contributed by atoms with Crippen molar-refractivity contribution in [1.29, 1.82) is 0 Å². The molecular formula is C22H32ClFN2O6. The second-order valence-corrected chi connectivity index (χ2v) is 9.15. The third kappa shape index (κ3) is 9.00. The minimum absolute atomic E-state index is 0.112. The minimum Gasteiger partial charge on any atom is -0.458 e. The Balaban J connectivity index is 2.81. The molecule has 1 rings (SSSR count). The molecule has 0 fully saturated rings. The number of alkyl carbamates (subject to hydrolysis) is 1. The summed E-state index contributed by atoms with van der Waals surface area (Å²) in [7, 11) is 0. The Morgan fingerprint density at radius 2 is 1.72 bits per heavy atom. The van der Waals surface area contributed by atoms with E-state index in [2.05, 4.69) is 10.6 Å². The van der Waals surface area contributed by atoms with Gasteiger partial charge in [0.15, 0.2) is 0 Å². The van der Waals surface area contributed by atoms with Gasteiger partial charge in [0.1, 0.15) is 18.2 Å². The number of ether oxygens (including phenoxy) is 2. The maximum Gasteiger partial charge on any atom is 0.408 e. The molecule has 0 spiro atoms. The van der Waals surface area contributed by atoms with Gasteiger partial charge in [-0.25, -0.2) is 14.0 Å². The Kier molecular flexibility index (Phi) is 10.4. The lowest BCUT2D eigenvalue weighted by Crippen LogP contribution is -2.58. The largest absolute Gasteiger partial charge is 0.458 e. The molecule has 0 heterocycles. The number of nitrogens with one attached hydrogen (secondary N) is 2. The number of aliphatic hydroxyl groups is 1. The van der Waals surface area contributed by atoms with Gasteiger partial charge in [0, 0.05) is 10.6 Å². The summed E-state index contributed by atoms with van der Waals surface area (Å²) >= 11 is 6.02. The van der Waals surface area contributed by atoms with Gasteiger partial charge in [0.25, 0.3) is 0 Å². The van der Waals surface area contributed by atoms with Gasteiger partial charge in [0.2, 0.25) is 12.1 Å². The first-order chi connectivity index (χ1) is 14.7. The van der Waals surface area contributed by atoms with Gasteiger partial charge in [-0.1, -0.05) is 43.6 Å². The second kappa shape index (κ2) is 12.0. The molecular weight excluding hydrogens is 443 g/mol. The fourth-order valence-corrected chi connectivity index (χ4v) is 2.85. The van der Waals surface area contributed by atoms with Crippen molar-refractivity contribution in [3.8, 4) is 0 Å². The van der Waals surface area contributed by atoms with E-state index in [0.29, 0.717) is 10.6 Å². The van der Waals surface area contributed by atoms with Gasteiger partial charge >= 0.3 is 12.1 Å². The SMILES string of the molecule is CC(O)C(NC(=O)[C@@H](NC(=O)OCc1ccccc1Cl)C(C)C)[C@H](F)C(=O)OC(C)(C)C. The lowest BCUT2D eigenvalue weighted by Gasteiger charge is -2.29. The number of amides is 2. The van der Waals surface area contributed by atoms with E-state index in [1.54, 1.807) is 58.9 Å². The molecule has 0 aromatic heterocycles. The highest BCUT2D eigenvalue weighted by molar-refractivity contribution is 6.31. The molecule has 1 aromatic carbocycles. The molecule has 8 nitrogen and oxygen atoms in total. The summed E-state index contributed by atoms with van der Waals surface area (Å²) in [4.78, 5) is 37.0. The van der Waals surface area contributed by atoms with Crippen LogP contribution in [0.25, 0.3) is 0 Å². The predicted molar refractivity (Wildman–Crippen MR) is 118 cm³/mol. The van der Waals surface area contributed by atoms with E-state index >= 15 is 0 Å². The van der Waals surface area contributed by atoms with E-state index in [1.165, 1.54) is 6.92 Å². The standard InChI is InChI=1S/C22H32ClFN2O6/c1-12(2)17(26-21(30)31-11-14-9-7-8-10-15(14)23)19(28)25-18(13(3)27)16(24)20(29)32-22(4,5)6/h7-10,12-13,16-18,27H,11H2,1-6H3,(H,25,28)(H,26,30)/t13?,16-,17-,18?/m0/s1. The van der Waals surface area contributed by atoms with Crippen molar-refractivity contribution < 1.29 is 33.4 Å². The smallest absolute Gasteiger partial charge is 0.408 e. The van der Waals surface area contributed by atoms with E-state index in [0.717, 1.165) is 0 Å². The van der Waals surface area contributed by atoms with Crippen molar-refractivity contribution >= 4 is 29.6 Å². The highest BCUT2D eigenvalue weighted by atomic mass is 35.5. The zero-order chi connectivity index (χ0) is 24.6. The summed E-state index contributed by atoms with van der Waals surface area (Å²) < 4.78 is 24.8.